The fourth-order valence-electron chi connectivity index (χ4n) is 1.93. The second-order valence-electron chi connectivity index (χ2n) is 5.32. The summed E-state index contributed by atoms with van der Waals surface area (Å²) in [5.41, 5.74) is 1.06. The lowest BCUT2D eigenvalue weighted by atomic mass is 10.2. The number of nitrogens with one attached hydrogen (secondary N) is 2. The Hall–Kier alpha value is -3.55. The van der Waals surface area contributed by atoms with Gasteiger partial charge in [-0.3, -0.25) is 10.1 Å². The van der Waals surface area contributed by atoms with Crippen LogP contribution in [0.3, 0.4) is 0 Å². The van der Waals surface area contributed by atoms with Gasteiger partial charge >= 0.3 is 12.0 Å². The number of hydrogen-bond acceptors (Lipinski definition) is 6. The van der Waals surface area contributed by atoms with Crippen molar-refractivity contribution in [2.75, 3.05) is 20.3 Å². The molecule has 0 atom stereocenters. The quantitative estimate of drug-likeness (QED) is 0.683. The summed E-state index contributed by atoms with van der Waals surface area (Å²) >= 11 is 0. The Morgan fingerprint density at radius 1 is 0.852 bits per heavy atom. The van der Waals surface area contributed by atoms with Gasteiger partial charge in [-0.25, -0.2) is 9.59 Å². The summed E-state index contributed by atoms with van der Waals surface area (Å²) in [6, 6.07) is 15.8. The highest BCUT2D eigenvalue weighted by Gasteiger charge is 2.10. The number of hydrogen-bond donors (Lipinski definition) is 2. The molecule has 3 amide bonds. The van der Waals surface area contributed by atoms with E-state index in [-0.39, 0.29) is 6.61 Å². The molecule has 0 fully saturated rings. The van der Waals surface area contributed by atoms with E-state index in [0.29, 0.717) is 18.1 Å². The van der Waals surface area contributed by atoms with Crippen molar-refractivity contribution in [3.63, 3.8) is 0 Å². The molecule has 2 aromatic rings. The van der Waals surface area contributed by atoms with Crippen LogP contribution in [-0.4, -0.2) is 38.2 Å². The third-order valence-corrected chi connectivity index (χ3v) is 3.27. The van der Waals surface area contributed by atoms with E-state index in [1.807, 2.05) is 35.6 Å². The number of rotatable bonds is 8. The molecule has 0 unspecified atom stereocenters. The smallest absolute Gasteiger partial charge is 0.344 e. The lowest BCUT2D eigenvalue weighted by molar-refractivity contribution is -0.150. The van der Waals surface area contributed by atoms with Crippen molar-refractivity contribution in [1.29, 1.82) is 0 Å². The zero-order valence-corrected chi connectivity index (χ0v) is 14.8. The number of benzene rings is 2. The first-order chi connectivity index (χ1) is 13.1. The van der Waals surface area contributed by atoms with E-state index in [2.05, 4.69) is 5.32 Å². The van der Waals surface area contributed by atoms with Crippen LogP contribution in [0.15, 0.2) is 54.6 Å². The Balaban J connectivity index is 1.69. The van der Waals surface area contributed by atoms with Crippen molar-refractivity contribution in [2.24, 2.45) is 0 Å². The Labute approximate surface area is 156 Å². The minimum atomic E-state index is -0.734. The van der Waals surface area contributed by atoms with Crippen LogP contribution in [0.4, 0.5) is 4.79 Å². The van der Waals surface area contributed by atoms with Crippen LogP contribution in [0.2, 0.25) is 0 Å². The fraction of sp³-hybridized carbons (Fsp3) is 0.211. The molecule has 0 aliphatic carbocycles. The van der Waals surface area contributed by atoms with Crippen LogP contribution in [0.5, 0.6) is 11.5 Å². The highest BCUT2D eigenvalue weighted by Crippen LogP contribution is 2.18. The van der Waals surface area contributed by atoms with Crippen molar-refractivity contribution >= 4 is 17.9 Å². The third-order valence-electron chi connectivity index (χ3n) is 3.27. The number of amides is 3. The molecule has 0 spiro atoms. The van der Waals surface area contributed by atoms with Crippen molar-refractivity contribution < 1.29 is 28.6 Å². The molecule has 2 N–H and O–H groups in total. The van der Waals surface area contributed by atoms with Crippen LogP contribution in [0, 0.1) is 0 Å². The van der Waals surface area contributed by atoms with Gasteiger partial charge in [0, 0.05) is 7.05 Å². The molecule has 2 rings (SSSR count). The Morgan fingerprint density at radius 2 is 1.48 bits per heavy atom. The number of carbonyl (C=O) groups excluding carboxylic acids is 3. The van der Waals surface area contributed by atoms with Gasteiger partial charge in [-0.05, 0) is 29.8 Å². The Morgan fingerprint density at radius 3 is 2.11 bits per heavy atom. The highest BCUT2D eigenvalue weighted by atomic mass is 16.6. The summed E-state index contributed by atoms with van der Waals surface area (Å²) in [5.74, 6) is -0.345. The zero-order chi connectivity index (χ0) is 19.5. The molecule has 0 bridgehead atoms. The lowest BCUT2D eigenvalue weighted by Crippen LogP contribution is -2.40. The molecule has 8 nitrogen and oxygen atoms in total. The number of imide groups is 1. The van der Waals surface area contributed by atoms with E-state index >= 15 is 0 Å². The topological polar surface area (TPSA) is 103 Å². The van der Waals surface area contributed by atoms with E-state index in [1.54, 1.807) is 24.3 Å². The van der Waals surface area contributed by atoms with E-state index in [0.717, 1.165) is 5.56 Å². The molecular weight excluding hydrogens is 352 g/mol. The maximum Gasteiger partial charge on any atom is 0.344 e. The number of urea groups is 1. The summed E-state index contributed by atoms with van der Waals surface area (Å²) in [7, 11) is 1.36. The van der Waals surface area contributed by atoms with Gasteiger partial charge in [0.1, 0.15) is 18.1 Å². The second kappa shape index (κ2) is 10.4. The molecule has 0 radical (unpaired) electrons. The molecule has 0 aromatic heterocycles. The maximum absolute atomic E-state index is 11.5. The Kier molecular flexibility index (Phi) is 7.65. The normalized spacial score (nSPS) is 9.81. The van der Waals surface area contributed by atoms with Crippen LogP contribution in [-0.2, 0) is 20.9 Å². The van der Waals surface area contributed by atoms with Crippen LogP contribution >= 0.6 is 0 Å². The van der Waals surface area contributed by atoms with Gasteiger partial charge in [0.15, 0.2) is 13.2 Å². The lowest BCUT2D eigenvalue weighted by Gasteiger charge is -2.09. The number of ether oxygens (including phenoxy) is 3. The summed E-state index contributed by atoms with van der Waals surface area (Å²) in [6.45, 7) is -0.481. The van der Waals surface area contributed by atoms with Crippen molar-refractivity contribution in [1.82, 2.24) is 10.6 Å². The van der Waals surface area contributed by atoms with Crippen molar-refractivity contribution in [3.8, 4) is 11.5 Å². The van der Waals surface area contributed by atoms with Gasteiger partial charge in [0.2, 0.25) is 0 Å². The summed E-state index contributed by atoms with van der Waals surface area (Å²) < 4.78 is 15.6. The van der Waals surface area contributed by atoms with Gasteiger partial charge in [-0.15, -0.1) is 0 Å². The largest absolute Gasteiger partial charge is 0.489 e. The SMILES string of the molecule is CNC(=O)NC(=O)COC(=O)COc1ccc(OCc2ccccc2)cc1. The summed E-state index contributed by atoms with van der Waals surface area (Å²) in [6.07, 6.45) is 0. The minimum Gasteiger partial charge on any atom is -0.489 e. The van der Waals surface area contributed by atoms with E-state index in [4.69, 9.17) is 14.2 Å². The standard InChI is InChI=1S/C19H20N2O6/c1-20-19(24)21-17(22)12-27-18(23)13-26-16-9-7-15(8-10-16)25-11-14-5-3-2-4-6-14/h2-10H,11-13H2,1H3,(H2,20,21,22,24). The maximum atomic E-state index is 11.5. The average molecular weight is 372 g/mol. The molecule has 0 aliphatic rings. The molecule has 2 aromatic carbocycles. The first-order valence-corrected chi connectivity index (χ1v) is 8.13. The molecule has 0 heterocycles. The summed E-state index contributed by atoms with van der Waals surface area (Å²) in [4.78, 5) is 33.8. The van der Waals surface area contributed by atoms with Crippen molar-refractivity contribution in [2.45, 2.75) is 6.61 Å². The van der Waals surface area contributed by atoms with E-state index < -0.39 is 24.5 Å². The average Bonchev–Trinajstić information content (AvgIpc) is 2.70. The molecule has 27 heavy (non-hydrogen) atoms. The van der Waals surface area contributed by atoms with E-state index in [1.165, 1.54) is 7.05 Å². The fourth-order valence-corrected chi connectivity index (χ4v) is 1.93. The van der Waals surface area contributed by atoms with Crippen molar-refractivity contribution in [3.05, 3.63) is 60.2 Å². The third kappa shape index (κ3) is 7.47. The van der Waals surface area contributed by atoms with Gasteiger partial charge < -0.3 is 19.5 Å². The summed E-state index contributed by atoms with van der Waals surface area (Å²) in [5, 5.41) is 4.17. The molecule has 0 saturated carbocycles. The molecule has 8 heteroatoms. The second-order valence-corrected chi connectivity index (χ2v) is 5.32. The zero-order valence-electron chi connectivity index (χ0n) is 14.8. The number of carbonyl (C=O) groups is 3. The molecule has 0 aliphatic heterocycles. The van der Waals surface area contributed by atoms with Gasteiger partial charge in [-0.1, -0.05) is 30.3 Å². The van der Waals surface area contributed by atoms with Crippen LogP contribution < -0.4 is 20.1 Å². The molecular formula is C19H20N2O6. The van der Waals surface area contributed by atoms with E-state index in [9.17, 15) is 14.4 Å². The first kappa shape index (κ1) is 19.8. The van der Waals surface area contributed by atoms with Gasteiger partial charge in [-0.2, -0.15) is 0 Å². The van der Waals surface area contributed by atoms with Gasteiger partial charge in [0.25, 0.3) is 5.91 Å². The first-order valence-electron chi connectivity index (χ1n) is 8.13. The Bertz CT molecular complexity index is 762. The van der Waals surface area contributed by atoms with Crippen LogP contribution in [0.1, 0.15) is 5.56 Å². The highest BCUT2D eigenvalue weighted by molar-refractivity contribution is 5.95. The van der Waals surface area contributed by atoms with Gasteiger partial charge in [0.05, 0.1) is 0 Å². The predicted molar refractivity (Wildman–Crippen MR) is 96.3 cm³/mol. The molecule has 0 saturated heterocycles. The molecule has 142 valence electrons. The minimum absolute atomic E-state index is 0.364. The monoisotopic (exact) mass is 372 g/mol. The van der Waals surface area contributed by atoms with Crippen LogP contribution in [0.25, 0.3) is 0 Å². The predicted octanol–water partition coefficient (Wildman–Crippen LogP) is 1.64. The number of esters is 1.